The van der Waals surface area contributed by atoms with E-state index in [2.05, 4.69) is 15.6 Å². The van der Waals surface area contributed by atoms with Gasteiger partial charge in [-0.3, -0.25) is 19.7 Å². The van der Waals surface area contributed by atoms with E-state index in [-0.39, 0.29) is 29.9 Å². The molecule has 0 saturated heterocycles. The maximum absolute atomic E-state index is 12.6. The topological polar surface area (TPSA) is 111 Å². The van der Waals surface area contributed by atoms with E-state index in [1.165, 1.54) is 13.1 Å². The molecule has 0 aliphatic rings. The van der Waals surface area contributed by atoms with Gasteiger partial charge in [-0.15, -0.1) is 0 Å². The highest BCUT2D eigenvalue weighted by Crippen LogP contribution is 2.22. The van der Waals surface area contributed by atoms with Crippen molar-refractivity contribution in [2.75, 3.05) is 5.32 Å². The summed E-state index contributed by atoms with van der Waals surface area (Å²) in [6, 6.07) is 15.8. The lowest BCUT2D eigenvalue weighted by Gasteiger charge is -2.17. The number of ketones is 1. The molecule has 0 bridgehead atoms. The van der Waals surface area contributed by atoms with Crippen LogP contribution in [0.25, 0.3) is 0 Å². The molecule has 3 rings (SSSR count). The molecule has 166 valence electrons. The fraction of sp³-hybridized carbons (Fsp3) is 0.250. The van der Waals surface area contributed by atoms with Crippen LogP contribution in [0.3, 0.4) is 0 Å². The standard InChI is InChI=1S/C24H25N3O5/c1-3-8-20(23(30)27-24-25-15-21(32-24)16(2)28)26-22(29)14-17-9-7-12-19(13-17)31-18-10-5-4-6-11-18/h4-7,9-13,15,20H,3,8,14H2,1-2H3,(H,26,29)(H,25,27,30). The van der Waals surface area contributed by atoms with Crippen LogP contribution in [0.1, 0.15) is 42.8 Å². The minimum atomic E-state index is -0.760. The van der Waals surface area contributed by atoms with Gasteiger partial charge in [0.2, 0.25) is 5.91 Å². The molecule has 2 aromatic carbocycles. The first kappa shape index (κ1) is 22.7. The number of anilines is 1. The zero-order valence-electron chi connectivity index (χ0n) is 18.0. The van der Waals surface area contributed by atoms with Crippen LogP contribution < -0.4 is 15.4 Å². The van der Waals surface area contributed by atoms with Crippen LogP contribution in [0.5, 0.6) is 11.5 Å². The summed E-state index contributed by atoms with van der Waals surface area (Å²) < 4.78 is 11.0. The summed E-state index contributed by atoms with van der Waals surface area (Å²) in [5.74, 6) is 0.317. The molecule has 0 aliphatic carbocycles. The number of hydrogen-bond acceptors (Lipinski definition) is 6. The molecule has 3 aromatic rings. The summed E-state index contributed by atoms with van der Waals surface area (Å²) in [5.41, 5.74) is 0.755. The van der Waals surface area contributed by atoms with Crippen molar-refractivity contribution in [1.29, 1.82) is 0 Å². The number of Topliss-reactive ketones (excluding diaryl/α,β-unsaturated/α-hetero) is 1. The fourth-order valence-electron chi connectivity index (χ4n) is 3.02. The zero-order valence-corrected chi connectivity index (χ0v) is 18.0. The number of hydrogen-bond donors (Lipinski definition) is 2. The van der Waals surface area contributed by atoms with Crippen molar-refractivity contribution in [1.82, 2.24) is 10.3 Å². The van der Waals surface area contributed by atoms with Crippen molar-refractivity contribution < 1.29 is 23.5 Å². The zero-order chi connectivity index (χ0) is 22.9. The van der Waals surface area contributed by atoms with E-state index in [9.17, 15) is 14.4 Å². The molecule has 2 N–H and O–H groups in total. The first-order valence-corrected chi connectivity index (χ1v) is 10.3. The van der Waals surface area contributed by atoms with Gasteiger partial charge in [0, 0.05) is 6.92 Å². The average Bonchev–Trinajstić information content (AvgIpc) is 3.23. The van der Waals surface area contributed by atoms with Crippen LogP contribution in [-0.2, 0) is 16.0 Å². The maximum atomic E-state index is 12.6. The Hall–Kier alpha value is -3.94. The smallest absolute Gasteiger partial charge is 0.302 e. The molecule has 0 fully saturated rings. The van der Waals surface area contributed by atoms with Crippen molar-refractivity contribution in [2.24, 2.45) is 0 Å². The third kappa shape index (κ3) is 6.53. The number of benzene rings is 2. The highest BCUT2D eigenvalue weighted by molar-refractivity contribution is 5.96. The summed E-state index contributed by atoms with van der Waals surface area (Å²) in [5, 5.41) is 5.26. The Labute approximate surface area is 186 Å². The lowest BCUT2D eigenvalue weighted by Crippen LogP contribution is -2.44. The molecule has 8 nitrogen and oxygen atoms in total. The number of aromatic nitrogens is 1. The molecule has 1 unspecified atom stereocenters. The molecule has 0 radical (unpaired) electrons. The third-order valence-electron chi connectivity index (χ3n) is 4.55. The minimum Gasteiger partial charge on any atom is -0.457 e. The Morgan fingerprint density at radius 1 is 1.06 bits per heavy atom. The number of amides is 2. The van der Waals surface area contributed by atoms with Crippen LogP contribution in [0, 0.1) is 0 Å². The molecular formula is C24H25N3O5. The Kier molecular flexibility index (Phi) is 7.75. The lowest BCUT2D eigenvalue weighted by atomic mass is 10.1. The molecule has 2 amide bonds. The number of ether oxygens (including phenoxy) is 1. The van der Waals surface area contributed by atoms with Gasteiger partial charge in [-0.25, -0.2) is 4.98 Å². The van der Waals surface area contributed by atoms with Gasteiger partial charge in [-0.05, 0) is 36.2 Å². The molecule has 1 aromatic heterocycles. The SMILES string of the molecule is CCCC(NC(=O)Cc1cccc(Oc2ccccc2)c1)C(=O)Nc1ncc(C(C)=O)o1. The number of rotatable bonds is 10. The van der Waals surface area contributed by atoms with E-state index in [0.717, 1.165) is 5.56 Å². The predicted octanol–water partition coefficient (Wildman–Crippen LogP) is 4.14. The quantitative estimate of drug-likeness (QED) is 0.463. The monoisotopic (exact) mass is 435 g/mol. The molecule has 1 heterocycles. The fourth-order valence-corrected chi connectivity index (χ4v) is 3.02. The molecule has 0 saturated carbocycles. The second-order valence-corrected chi connectivity index (χ2v) is 7.22. The summed E-state index contributed by atoms with van der Waals surface area (Å²) in [4.78, 5) is 40.4. The normalized spacial score (nSPS) is 11.4. The van der Waals surface area contributed by atoms with E-state index in [4.69, 9.17) is 9.15 Å². The van der Waals surface area contributed by atoms with Gasteiger partial charge >= 0.3 is 6.01 Å². The predicted molar refractivity (Wildman–Crippen MR) is 119 cm³/mol. The van der Waals surface area contributed by atoms with Gasteiger partial charge in [0.15, 0.2) is 11.5 Å². The average molecular weight is 435 g/mol. The van der Waals surface area contributed by atoms with Crippen LogP contribution >= 0.6 is 0 Å². The van der Waals surface area contributed by atoms with E-state index in [1.807, 2.05) is 55.5 Å². The van der Waals surface area contributed by atoms with Crippen molar-refractivity contribution in [2.45, 2.75) is 39.2 Å². The number of carbonyl (C=O) groups excluding carboxylic acids is 3. The summed E-state index contributed by atoms with van der Waals surface area (Å²) in [6.07, 6.45) is 2.46. The largest absolute Gasteiger partial charge is 0.457 e. The van der Waals surface area contributed by atoms with Crippen molar-refractivity contribution in [3.05, 3.63) is 72.1 Å². The summed E-state index contributed by atoms with van der Waals surface area (Å²) >= 11 is 0. The van der Waals surface area contributed by atoms with Crippen molar-refractivity contribution in [3.63, 3.8) is 0 Å². The summed E-state index contributed by atoms with van der Waals surface area (Å²) in [6.45, 7) is 3.25. The molecular weight excluding hydrogens is 410 g/mol. The first-order chi connectivity index (χ1) is 15.4. The minimum absolute atomic E-state index is 0.0500. The Morgan fingerprint density at radius 3 is 2.50 bits per heavy atom. The van der Waals surface area contributed by atoms with Gasteiger partial charge < -0.3 is 14.5 Å². The molecule has 1 atom stereocenters. The third-order valence-corrected chi connectivity index (χ3v) is 4.55. The van der Waals surface area contributed by atoms with Gasteiger partial charge in [0.25, 0.3) is 5.91 Å². The second kappa shape index (κ2) is 10.9. The van der Waals surface area contributed by atoms with Gasteiger partial charge in [-0.1, -0.05) is 43.7 Å². The van der Waals surface area contributed by atoms with Crippen LogP contribution in [0.15, 0.2) is 65.2 Å². The van der Waals surface area contributed by atoms with Crippen molar-refractivity contribution in [3.8, 4) is 11.5 Å². The van der Waals surface area contributed by atoms with E-state index < -0.39 is 11.9 Å². The van der Waals surface area contributed by atoms with Crippen molar-refractivity contribution >= 4 is 23.6 Å². The van der Waals surface area contributed by atoms with Gasteiger partial charge in [0.1, 0.15) is 17.5 Å². The second-order valence-electron chi connectivity index (χ2n) is 7.22. The van der Waals surface area contributed by atoms with E-state index in [0.29, 0.717) is 24.3 Å². The van der Waals surface area contributed by atoms with Gasteiger partial charge in [-0.2, -0.15) is 0 Å². The number of nitrogens with one attached hydrogen (secondary N) is 2. The first-order valence-electron chi connectivity index (χ1n) is 10.3. The lowest BCUT2D eigenvalue weighted by molar-refractivity contribution is -0.126. The number of oxazole rings is 1. The number of nitrogens with zero attached hydrogens (tertiary/aromatic N) is 1. The highest BCUT2D eigenvalue weighted by atomic mass is 16.5. The Balaban J connectivity index is 1.60. The van der Waals surface area contributed by atoms with Crippen LogP contribution in [0.2, 0.25) is 0 Å². The Bertz CT molecular complexity index is 1080. The van der Waals surface area contributed by atoms with E-state index in [1.54, 1.807) is 6.07 Å². The number of para-hydroxylation sites is 1. The summed E-state index contributed by atoms with van der Waals surface area (Å²) in [7, 11) is 0. The van der Waals surface area contributed by atoms with Crippen LogP contribution in [-0.4, -0.2) is 28.6 Å². The maximum Gasteiger partial charge on any atom is 0.302 e. The highest BCUT2D eigenvalue weighted by Gasteiger charge is 2.22. The molecule has 8 heteroatoms. The van der Waals surface area contributed by atoms with Gasteiger partial charge in [0.05, 0.1) is 12.6 Å². The molecule has 0 spiro atoms. The molecule has 0 aliphatic heterocycles. The van der Waals surface area contributed by atoms with Crippen LogP contribution in [0.4, 0.5) is 6.01 Å². The van der Waals surface area contributed by atoms with E-state index >= 15 is 0 Å². The Morgan fingerprint density at radius 2 is 1.81 bits per heavy atom. The molecule has 32 heavy (non-hydrogen) atoms. The number of carbonyl (C=O) groups is 3.